The van der Waals surface area contributed by atoms with Crippen LogP contribution in [0.4, 0.5) is 0 Å². The number of rotatable bonds is 5. The molecule has 1 aromatic rings. The molecule has 4 nitrogen and oxygen atoms in total. The molecule has 0 aliphatic heterocycles. The van der Waals surface area contributed by atoms with E-state index in [1.807, 2.05) is 31.2 Å². The molecule has 1 amide bonds. The molecule has 2 unspecified atom stereocenters. The van der Waals surface area contributed by atoms with Crippen molar-refractivity contribution in [2.75, 3.05) is 13.2 Å². The van der Waals surface area contributed by atoms with E-state index in [9.17, 15) is 4.79 Å². The molecule has 1 aromatic carbocycles. The predicted octanol–water partition coefficient (Wildman–Crippen LogP) is 3.07. The van der Waals surface area contributed by atoms with E-state index < -0.39 is 0 Å². The summed E-state index contributed by atoms with van der Waals surface area (Å²) >= 11 is 0. The van der Waals surface area contributed by atoms with Crippen LogP contribution in [0.5, 0.6) is 5.75 Å². The van der Waals surface area contributed by atoms with Gasteiger partial charge in [-0.15, -0.1) is 12.4 Å². The Kier molecular flexibility index (Phi) is 6.93. The fourth-order valence-electron chi connectivity index (χ4n) is 4.20. The number of nitrogens with two attached hydrogens (primary N) is 1. The lowest BCUT2D eigenvalue weighted by molar-refractivity contribution is -0.128. The Bertz CT molecular complexity index is 538. The molecule has 0 saturated heterocycles. The minimum Gasteiger partial charge on any atom is -0.491 e. The largest absolute Gasteiger partial charge is 0.491 e. The second kappa shape index (κ2) is 8.72. The topological polar surface area (TPSA) is 64.3 Å². The van der Waals surface area contributed by atoms with Gasteiger partial charge < -0.3 is 15.8 Å². The van der Waals surface area contributed by atoms with Crippen LogP contribution in [0.15, 0.2) is 24.3 Å². The van der Waals surface area contributed by atoms with Gasteiger partial charge in [-0.1, -0.05) is 24.6 Å². The number of halogens is 1. The molecule has 134 valence electrons. The number of hydrogen-bond acceptors (Lipinski definition) is 3. The summed E-state index contributed by atoms with van der Waals surface area (Å²) in [6.45, 7) is 3.10. The Labute approximate surface area is 150 Å². The molecular formula is C19H29ClN2O2. The van der Waals surface area contributed by atoms with Crippen molar-refractivity contribution >= 4 is 18.3 Å². The average molecular weight is 353 g/mol. The molecule has 0 heterocycles. The molecule has 0 spiro atoms. The standard InChI is InChI=1S/C19H28N2O2.ClH/c1-13-5-2-3-8-17(13)23-10-9-21-19(22)16-11-14-6-4-7-15(12-16)18(14)20;/h2-3,5,8,14-16,18H,4,6-7,9-12,20H2,1H3,(H,21,22);1H. The maximum Gasteiger partial charge on any atom is 0.223 e. The Hall–Kier alpha value is -1.26. The molecular weight excluding hydrogens is 324 g/mol. The van der Waals surface area contributed by atoms with Gasteiger partial charge in [0.05, 0.1) is 6.54 Å². The van der Waals surface area contributed by atoms with Crippen LogP contribution >= 0.6 is 12.4 Å². The maximum atomic E-state index is 12.4. The second-order valence-electron chi connectivity index (χ2n) is 7.10. The number of carbonyl (C=O) groups is 1. The lowest BCUT2D eigenvalue weighted by Gasteiger charge is -2.43. The molecule has 3 N–H and O–H groups in total. The van der Waals surface area contributed by atoms with Crippen molar-refractivity contribution in [3.05, 3.63) is 29.8 Å². The molecule has 24 heavy (non-hydrogen) atoms. The number of aryl methyl sites for hydroxylation is 1. The fraction of sp³-hybridized carbons (Fsp3) is 0.632. The summed E-state index contributed by atoms with van der Waals surface area (Å²) in [7, 11) is 0. The van der Waals surface area contributed by atoms with Crippen LogP contribution < -0.4 is 15.8 Å². The molecule has 3 rings (SSSR count). The monoisotopic (exact) mass is 352 g/mol. The third-order valence-electron chi connectivity index (χ3n) is 5.54. The first-order valence-corrected chi connectivity index (χ1v) is 8.87. The lowest BCUT2D eigenvalue weighted by atomic mass is 9.65. The molecule has 2 atom stereocenters. The van der Waals surface area contributed by atoms with Gasteiger partial charge in [-0.2, -0.15) is 0 Å². The number of amides is 1. The van der Waals surface area contributed by atoms with Gasteiger partial charge in [-0.05, 0) is 56.1 Å². The van der Waals surface area contributed by atoms with Gasteiger partial charge in [0, 0.05) is 12.0 Å². The van der Waals surface area contributed by atoms with Crippen LogP contribution in [0.25, 0.3) is 0 Å². The first-order valence-electron chi connectivity index (χ1n) is 8.87. The Balaban J connectivity index is 0.00000208. The van der Waals surface area contributed by atoms with Gasteiger partial charge in [-0.25, -0.2) is 0 Å². The van der Waals surface area contributed by atoms with Gasteiger partial charge >= 0.3 is 0 Å². The highest BCUT2D eigenvalue weighted by Crippen LogP contribution is 2.41. The highest BCUT2D eigenvalue weighted by atomic mass is 35.5. The second-order valence-corrected chi connectivity index (χ2v) is 7.10. The normalized spacial score (nSPS) is 28.6. The Morgan fingerprint density at radius 3 is 2.58 bits per heavy atom. The van der Waals surface area contributed by atoms with Gasteiger partial charge in [0.1, 0.15) is 12.4 Å². The van der Waals surface area contributed by atoms with Crippen LogP contribution in [-0.2, 0) is 4.79 Å². The fourth-order valence-corrected chi connectivity index (χ4v) is 4.20. The van der Waals surface area contributed by atoms with Crippen LogP contribution in [0.3, 0.4) is 0 Å². The summed E-state index contributed by atoms with van der Waals surface area (Å²) in [5, 5.41) is 3.04. The van der Waals surface area contributed by atoms with Crippen LogP contribution in [0.1, 0.15) is 37.7 Å². The summed E-state index contributed by atoms with van der Waals surface area (Å²) in [6.07, 6.45) is 5.58. The SMILES string of the molecule is Cc1ccccc1OCCNC(=O)C1CC2CCCC(C1)C2N.Cl. The van der Waals surface area contributed by atoms with E-state index in [1.165, 1.54) is 19.3 Å². The highest BCUT2D eigenvalue weighted by molar-refractivity contribution is 5.85. The van der Waals surface area contributed by atoms with E-state index in [1.54, 1.807) is 0 Å². The number of carbonyl (C=O) groups excluding carboxylic acids is 1. The van der Waals surface area contributed by atoms with Gasteiger partial charge in [0.2, 0.25) is 5.91 Å². The predicted molar refractivity (Wildman–Crippen MR) is 98.5 cm³/mol. The quantitative estimate of drug-likeness (QED) is 0.800. The van der Waals surface area contributed by atoms with Gasteiger partial charge in [0.15, 0.2) is 0 Å². The number of hydrogen-bond donors (Lipinski definition) is 2. The van der Waals surface area contributed by atoms with E-state index in [2.05, 4.69) is 5.32 Å². The first kappa shape index (κ1) is 19.1. The smallest absolute Gasteiger partial charge is 0.223 e. The van der Waals surface area contributed by atoms with Crippen molar-refractivity contribution in [3.8, 4) is 5.75 Å². The summed E-state index contributed by atoms with van der Waals surface area (Å²) in [4.78, 5) is 12.4. The minimum atomic E-state index is 0. The van der Waals surface area contributed by atoms with Crippen molar-refractivity contribution in [3.63, 3.8) is 0 Å². The summed E-state index contributed by atoms with van der Waals surface area (Å²) in [6, 6.07) is 8.26. The van der Waals surface area contributed by atoms with E-state index >= 15 is 0 Å². The molecule has 2 saturated carbocycles. The third kappa shape index (κ3) is 4.42. The van der Waals surface area contributed by atoms with E-state index in [0.717, 1.165) is 24.2 Å². The summed E-state index contributed by atoms with van der Waals surface area (Å²) < 4.78 is 5.73. The maximum absolute atomic E-state index is 12.4. The number of ether oxygens (including phenoxy) is 1. The van der Waals surface area contributed by atoms with Crippen molar-refractivity contribution in [2.24, 2.45) is 23.5 Å². The zero-order valence-corrected chi connectivity index (χ0v) is 15.2. The van der Waals surface area contributed by atoms with Crippen LogP contribution in [0, 0.1) is 24.7 Å². The average Bonchev–Trinajstić information content (AvgIpc) is 2.52. The van der Waals surface area contributed by atoms with E-state index in [0.29, 0.717) is 31.0 Å². The number of para-hydroxylation sites is 1. The Morgan fingerprint density at radius 1 is 1.25 bits per heavy atom. The van der Waals surface area contributed by atoms with Crippen molar-refractivity contribution < 1.29 is 9.53 Å². The Morgan fingerprint density at radius 2 is 1.92 bits per heavy atom. The van der Waals surface area contributed by atoms with Crippen LogP contribution in [0.2, 0.25) is 0 Å². The summed E-state index contributed by atoms with van der Waals surface area (Å²) in [5.74, 6) is 2.30. The number of nitrogens with one attached hydrogen (secondary N) is 1. The molecule has 5 heteroatoms. The zero-order valence-electron chi connectivity index (χ0n) is 14.4. The number of fused-ring (bicyclic) bond motifs is 2. The lowest BCUT2D eigenvalue weighted by Crippen LogP contribution is -2.49. The third-order valence-corrected chi connectivity index (χ3v) is 5.54. The van der Waals surface area contributed by atoms with Crippen molar-refractivity contribution in [2.45, 2.75) is 45.1 Å². The summed E-state index contributed by atoms with van der Waals surface area (Å²) in [5.41, 5.74) is 7.41. The van der Waals surface area contributed by atoms with Crippen LogP contribution in [-0.4, -0.2) is 25.1 Å². The highest BCUT2D eigenvalue weighted by Gasteiger charge is 2.40. The first-order chi connectivity index (χ1) is 11.1. The molecule has 2 aliphatic rings. The molecule has 2 fully saturated rings. The molecule has 2 aliphatic carbocycles. The molecule has 0 radical (unpaired) electrons. The zero-order chi connectivity index (χ0) is 16.2. The minimum absolute atomic E-state index is 0. The molecule has 2 bridgehead atoms. The van der Waals surface area contributed by atoms with Crippen molar-refractivity contribution in [1.29, 1.82) is 0 Å². The van der Waals surface area contributed by atoms with E-state index in [-0.39, 0.29) is 24.2 Å². The van der Waals surface area contributed by atoms with E-state index in [4.69, 9.17) is 10.5 Å². The molecule has 0 aromatic heterocycles. The van der Waals surface area contributed by atoms with Gasteiger partial charge in [0.25, 0.3) is 0 Å². The van der Waals surface area contributed by atoms with Gasteiger partial charge in [-0.3, -0.25) is 4.79 Å². The van der Waals surface area contributed by atoms with Crippen molar-refractivity contribution in [1.82, 2.24) is 5.32 Å². The number of benzene rings is 1.